The van der Waals surface area contributed by atoms with E-state index in [2.05, 4.69) is 34.6 Å². The lowest BCUT2D eigenvalue weighted by Crippen LogP contribution is -2.35. The van der Waals surface area contributed by atoms with E-state index in [1.165, 1.54) is 76.3 Å². The van der Waals surface area contributed by atoms with Crippen molar-refractivity contribution < 1.29 is 18.8 Å². The average molecular weight is 552 g/mol. The van der Waals surface area contributed by atoms with Crippen molar-refractivity contribution in [3.63, 3.8) is 0 Å². The molecule has 1 aromatic heterocycles. The first kappa shape index (κ1) is 30.7. The van der Waals surface area contributed by atoms with E-state index in [1.54, 1.807) is 11.3 Å². The van der Waals surface area contributed by atoms with Crippen LogP contribution in [0.4, 0.5) is 5.69 Å². The number of ether oxygens (including phenoxy) is 2. The Bertz CT molecular complexity index is 1100. The maximum Gasteiger partial charge on any atom is 0.262 e. The zero-order valence-electron chi connectivity index (χ0n) is 24.0. The molecular formula is C33H47N2O3S+. The van der Waals surface area contributed by atoms with E-state index in [0.29, 0.717) is 24.7 Å². The normalized spacial score (nSPS) is 10.9. The van der Waals surface area contributed by atoms with Gasteiger partial charge in [-0.1, -0.05) is 119 Å². The van der Waals surface area contributed by atoms with Gasteiger partial charge < -0.3 is 14.8 Å². The van der Waals surface area contributed by atoms with Gasteiger partial charge >= 0.3 is 0 Å². The molecule has 0 fully saturated rings. The van der Waals surface area contributed by atoms with Crippen LogP contribution in [0.25, 0.3) is 0 Å². The van der Waals surface area contributed by atoms with Gasteiger partial charge in [0.05, 0.1) is 17.7 Å². The smallest absolute Gasteiger partial charge is 0.262 e. The van der Waals surface area contributed by atoms with Crippen molar-refractivity contribution in [3.8, 4) is 11.5 Å². The van der Waals surface area contributed by atoms with Gasteiger partial charge in [-0.25, -0.2) is 0 Å². The molecule has 1 amide bonds. The summed E-state index contributed by atoms with van der Waals surface area (Å²) < 4.78 is 14.0. The molecule has 2 aromatic carbocycles. The number of anilines is 1. The standard InChI is InChI=1S/C33H46N2O3S/c1-3-4-5-6-7-8-9-10-11-12-13-18-23-37-31-21-16-17-22-32(31)38-25-33(36)34-30-20-15-14-19-29(30)24-35-27-39-26-28(35)2/h14-17,19-22,26-27H,3-13,18,23-25H2,1-2H3/p+1. The second-order valence-corrected chi connectivity index (χ2v) is 11.0. The van der Waals surface area contributed by atoms with E-state index >= 15 is 0 Å². The third-order valence-electron chi connectivity index (χ3n) is 6.98. The van der Waals surface area contributed by atoms with Crippen LogP contribution < -0.4 is 19.4 Å². The largest absolute Gasteiger partial charge is 0.490 e. The molecule has 1 N–H and O–H groups in total. The number of carbonyl (C=O) groups excluding carboxylic acids is 1. The highest BCUT2D eigenvalue weighted by molar-refractivity contribution is 7.07. The number of rotatable bonds is 20. The van der Waals surface area contributed by atoms with Gasteiger partial charge in [0.1, 0.15) is 0 Å². The number of nitrogens with zero attached hydrogens (tertiary/aromatic N) is 1. The molecule has 0 atom stereocenters. The van der Waals surface area contributed by atoms with E-state index in [4.69, 9.17) is 9.47 Å². The number of benzene rings is 2. The van der Waals surface area contributed by atoms with Gasteiger partial charge in [0, 0.05) is 12.5 Å². The number of thiazole rings is 1. The molecule has 3 aromatic rings. The minimum absolute atomic E-state index is 0.0715. The molecule has 0 saturated carbocycles. The van der Waals surface area contributed by atoms with Crippen molar-refractivity contribution in [3.05, 3.63) is 70.7 Å². The summed E-state index contributed by atoms with van der Waals surface area (Å²) >= 11 is 1.67. The van der Waals surface area contributed by atoms with Gasteiger partial charge in [0.25, 0.3) is 5.91 Å². The van der Waals surface area contributed by atoms with Crippen LogP contribution in [0.2, 0.25) is 0 Å². The van der Waals surface area contributed by atoms with E-state index in [-0.39, 0.29) is 12.5 Å². The summed E-state index contributed by atoms with van der Waals surface area (Å²) in [5.74, 6) is 1.10. The third kappa shape index (κ3) is 11.8. The van der Waals surface area contributed by atoms with E-state index < -0.39 is 0 Å². The summed E-state index contributed by atoms with van der Waals surface area (Å²) in [4.78, 5) is 12.7. The first-order chi connectivity index (χ1) is 19.2. The predicted molar refractivity (Wildman–Crippen MR) is 162 cm³/mol. The fourth-order valence-electron chi connectivity index (χ4n) is 4.62. The monoisotopic (exact) mass is 551 g/mol. The van der Waals surface area contributed by atoms with Gasteiger partial charge in [-0.2, -0.15) is 4.57 Å². The topological polar surface area (TPSA) is 51.4 Å². The fraction of sp³-hybridized carbons (Fsp3) is 0.515. The summed E-state index contributed by atoms with van der Waals surface area (Å²) in [7, 11) is 0. The van der Waals surface area contributed by atoms with E-state index in [0.717, 1.165) is 17.7 Å². The van der Waals surface area contributed by atoms with Crippen molar-refractivity contribution in [1.82, 2.24) is 0 Å². The molecule has 0 saturated heterocycles. The Morgan fingerprint density at radius 2 is 1.38 bits per heavy atom. The molecule has 3 rings (SSSR count). The summed E-state index contributed by atoms with van der Waals surface area (Å²) in [5, 5.41) is 5.13. The molecule has 1 heterocycles. The molecule has 0 aliphatic heterocycles. The van der Waals surface area contributed by atoms with Crippen molar-refractivity contribution in [2.75, 3.05) is 18.5 Å². The maximum atomic E-state index is 12.7. The first-order valence-corrected chi connectivity index (χ1v) is 15.8. The van der Waals surface area contributed by atoms with Crippen LogP contribution in [-0.4, -0.2) is 19.1 Å². The van der Waals surface area contributed by atoms with Gasteiger partial charge in [-0.15, -0.1) is 0 Å². The number of aromatic nitrogens is 1. The van der Waals surface area contributed by atoms with Gasteiger partial charge in [0.2, 0.25) is 5.51 Å². The lowest BCUT2D eigenvalue weighted by molar-refractivity contribution is -0.689. The lowest BCUT2D eigenvalue weighted by Gasteiger charge is -2.13. The van der Waals surface area contributed by atoms with Gasteiger partial charge in [0.15, 0.2) is 30.3 Å². The van der Waals surface area contributed by atoms with Crippen LogP contribution in [0.1, 0.15) is 95.2 Å². The maximum absolute atomic E-state index is 12.7. The van der Waals surface area contributed by atoms with Gasteiger partial charge in [-0.05, 0) is 24.6 Å². The zero-order valence-corrected chi connectivity index (χ0v) is 24.8. The zero-order chi connectivity index (χ0) is 27.5. The Morgan fingerprint density at radius 1 is 0.795 bits per heavy atom. The van der Waals surface area contributed by atoms with Crippen LogP contribution in [-0.2, 0) is 11.3 Å². The Labute approximate surface area is 239 Å². The highest BCUT2D eigenvalue weighted by Crippen LogP contribution is 2.27. The predicted octanol–water partition coefficient (Wildman–Crippen LogP) is 8.49. The minimum Gasteiger partial charge on any atom is -0.490 e. The number of unbranched alkanes of at least 4 members (excludes halogenated alkanes) is 11. The molecule has 5 nitrogen and oxygen atoms in total. The van der Waals surface area contributed by atoms with E-state index in [1.807, 2.05) is 48.5 Å². The fourth-order valence-corrected chi connectivity index (χ4v) is 5.40. The Morgan fingerprint density at radius 3 is 2.03 bits per heavy atom. The number of aryl methyl sites for hydroxylation is 1. The SMILES string of the molecule is CCCCCCCCCCCCCCOc1ccccc1OCC(=O)Nc1ccccc1C[n+]1cscc1C. The quantitative estimate of drug-likeness (QED) is 0.113. The second-order valence-electron chi connectivity index (χ2n) is 10.3. The Balaban J connectivity index is 1.33. The highest BCUT2D eigenvalue weighted by Gasteiger charge is 2.14. The Kier molecular flexibility index (Phi) is 14.5. The number of nitrogens with one attached hydrogen (secondary N) is 1. The number of hydrogen-bond acceptors (Lipinski definition) is 4. The second kappa shape index (κ2) is 18.4. The van der Waals surface area contributed by atoms with Crippen molar-refractivity contribution in [2.45, 2.75) is 97.4 Å². The van der Waals surface area contributed by atoms with Crippen molar-refractivity contribution >= 4 is 22.9 Å². The molecular weight excluding hydrogens is 504 g/mol. The highest BCUT2D eigenvalue weighted by atomic mass is 32.1. The molecule has 6 heteroatoms. The molecule has 0 radical (unpaired) electrons. The molecule has 0 bridgehead atoms. The van der Waals surface area contributed by atoms with Crippen molar-refractivity contribution in [1.29, 1.82) is 0 Å². The number of amides is 1. The molecule has 0 aliphatic rings. The molecule has 39 heavy (non-hydrogen) atoms. The third-order valence-corrected chi connectivity index (χ3v) is 7.83. The van der Waals surface area contributed by atoms with Crippen LogP contribution in [0.15, 0.2) is 59.4 Å². The lowest BCUT2D eigenvalue weighted by atomic mass is 10.1. The summed E-state index contributed by atoms with van der Waals surface area (Å²) in [5.41, 5.74) is 5.15. The van der Waals surface area contributed by atoms with Crippen LogP contribution in [0.5, 0.6) is 11.5 Å². The summed E-state index contributed by atoms with van der Waals surface area (Å²) in [6.45, 7) is 5.66. The minimum atomic E-state index is -0.190. The number of para-hydroxylation sites is 3. The summed E-state index contributed by atoms with van der Waals surface area (Å²) in [6.07, 6.45) is 15.8. The first-order valence-electron chi connectivity index (χ1n) is 14.8. The van der Waals surface area contributed by atoms with Crippen molar-refractivity contribution in [2.24, 2.45) is 0 Å². The summed E-state index contributed by atoms with van der Waals surface area (Å²) in [6, 6.07) is 15.5. The Hall–Kier alpha value is -2.86. The van der Waals surface area contributed by atoms with Gasteiger partial charge in [-0.3, -0.25) is 4.79 Å². The molecule has 0 aliphatic carbocycles. The molecule has 0 spiro atoms. The number of hydrogen-bond donors (Lipinski definition) is 1. The van der Waals surface area contributed by atoms with Crippen LogP contribution in [0, 0.1) is 6.92 Å². The molecule has 212 valence electrons. The average Bonchev–Trinajstić information content (AvgIpc) is 3.35. The number of carbonyl (C=O) groups is 1. The van der Waals surface area contributed by atoms with E-state index in [9.17, 15) is 4.79 Å². The molecule has 0 unspecified atom stereocenters. The van der Waals surface area contributed by atoms with Crippen LogP contribution >= 0.6 is 11.3 Å². The van der Waals surface area contributed by atoms with Crippen LogP contribution in [0.3, 0.4) is 0 Å².